The number of nitrogens with one attached hydrogen (secondary N) is 3. The molecular formula is C22H28F2IN5O. The van der Waals surface area contributed by atoms with Gasteiger partial charge in [-0.1, -0.05) is 18.2 Å². The van der Waals surface area contributed by atoms with Gasteiger partial charge in [0.2, 0.25) is 0 Å². The number of rotatable bonds is 7. The van der Waals surface area contributed by atoms with E-state index in [1.165, 1.54) is 12.1 Å². The maximum absolute atomic E-state index is 14.0. The van der Waals surface area contributed by atoms with E-state index in [-0.39, 0.29) is 35.9 Å². The van der Waals surface area contributed by atoms with Crippen molar-refractivity contribution in [2.75, 3.05) is 37.6 Å². The Kier molecular flexibility index (Phi) is 9.96. The van der Waals surface area contributed by atoms with Crippen molar-refractivity contribution in [2.24, 2.45) is 4.99 Å². The van der Waals surface area contributed by atoms with Crippen LogP contribution in [0.4, 0.5) is 14.5 Å². The summed E-state index contributed by atoms with van der Waals surface area (Å²) in [5.41, 5.74) is 1.02. The highest BCUT2D eigenvalue weighted by atomic mass is 127. The van der Waals surface area contributed by atoms with E-state index in [9.17, 15) is 13.6 Å². The van der Waals surface area contributed by atoms with Crippen LogP contribution >= 0.6 is 24.0 Å². The molecule has 0 aliphatic carbocycles. The predicted molar refractivity (Wildman–Crippen MR) is 130 cm³/mol. The number of anilines is 1. The molecule has 0 spiro atoms. The molecule has 1 aliphatic rings. The molecule has 3 N–H and O–H groups in total. The number of carbonyl (C=O) groups excluding carboxylic acids is 1. The van der Waals surface area contributed by atoms with Crippen LogP contribution in [-0.4, -0.2) is 50.6 Å². The van der Waals surface area contributed by atoms with E-state index in [4.69, 9.17) is 0 Å². The first-order chi connectivity index (χ1) is 14.6. The van der Waals surface area contributed by atoms with E-state index >= 15 is 0 Å². The van der Waals surface area contributed by atoms with Gasteiger partial charge in [-0.3, -0.25) is 9.79 Å². The maximum Gasteiger partial charge on any atom is 0.251 e. The standard InChI is InChI=1S/C22H27F2N5O.HI/c1-2-25-22(27-12-11-26-21(30)16-6-4-3-5-7-16)28-18-10-13-29(15-18)20-9-8-17(23)14-19(20)24;/h3-9,14,18H,2,10-13,15H2,1H3,(H,26,30)(H2,25,27,28);1H. The van der Waals surface area contributed by atoms with Gasteiger partial charge in [0, 0.05) is 43.9 Å². The fourth-order valence-electron chi connectivity index (χ4n) is 3.38. The fraction of sp³-hybridized carbons (Fsp3) is 0.364. The average Bonchev–Trinajstić information content (AvgIpc) is 3.20. The normalized spacial score (nSPS) is 15.9. The van der Waals surface area contributed by atoms with E-state index in [2.05, 4.69) is 20.9 Å². The summed E-state index contributed by atoms with van der Waals surface area (Å²) in [4.78, 5) is 18.5. The Morgan fingerprint density at radius 3 is 2.65 bits per heavy atom. The van der Waals surface area contributed by atoms with Crippen LogP contribution in [0.15, 0.2) is 53.5 Å². The molecule has 3 rings (SSSR count). The van der Waals surface area contributed by atoms with Crippen LogP contribution in [0.5, 0.6) is 0 Å². The van der Waals surface area contributed by atoms with E-state index < -0.39 is 11.6 Å². The van der Waals surface area contributed by atoms with Crippen LogP contribution in [0.1, 0.15) is 23.7 Å². The molecule has 31 heavy (non-hydrogen) atoms. The molecule has 0 saturated carbocycles. The molecule has 1 atom stereocenters. The summed E-state index contributed by atoms with van der Waals surface area (Å²) in [6, 6.07) is 12.8. The number of nitrogens with zero attached hydrogens (tertiary/aromatic N) is 2. The molecule has 9 heteroatoms. The first-order valence-corrected chi connectivity index (χ1v) is 10.1. The zero-order valence-electron chi connectivity index (χ0n) is 17.4. The van der Waals surface area contributed by atoms with Crippen LogP contribution in [0.25, 0.3) is 0 Å². The van der Waals surface area contributed by atoms with Crippen LogP contribution in [0.3, 0.4) is 0 Å². The smallest absolute Gasteiger partial charge is 0.251 e. The molecule has 1 unspecified atom stereocenters. The summed E-state index contributed by atoms with van der Waals surface area (Å²) < 4.78 is 27.2. The Bertz CT molecular complexity index is 881. The lowest BCUT2D eigenvalue weighted by Crippen LogP contribution is -2.45. The predicted octanol–water partition coefficient (Wildman–Crippen LogP) is 3.15. The molecule has 0 radical (unpaired) electrons. The largest absolute Gasteiger partial charge is 0.367 e. The monoisotopic (exact) mass is 543 g/mol. The van der Waals surface area contributed by atoms with E-state index in [1.807, 2.05) is 30.0 Å². The minimum Gasteiger partial charge on any atom is -0.367 e. The zero-order valence-corrected chi connectivity index (χ0v) is 19.7. The van der Waals surface area contributed by atoms with Crippen molar-refractivity contribution in [2.45, 2.75) is 19.4 Å². The van der Waals surface area contributed by atoms with Gasteiger partial charge >= 0.3 is 0 Å². The Labute approximate surface area is 198 Å². The Hall–Kier alpha value is -2.43. The highest BCUT2D eigenvalue weighted by Crippen LogP contribution is 2.24. The van der Waals surface area contributed by atoms with Crippen molar-refractivity contribution in [1.29, 1.82) is 0 Å². The maximum atomic E-state index is 14.0. The second-order valence-corrected chi connectivity index (χ2v) is 7.05. The quantitative estimate of drug-likeness (QED) is 0.217. The van der Waals surface area contributed by atoms with Gasteiger partial charge in [0.1, 0.15) is 11.6 Å². The van der Waals surface area contributed by atoms with Crippen molar-refractivity contribution in [3.8, 4) is 0 Å². The van der Waals surface area contributed by atoms with Gasteiger partial charge in [0.05, 0.1) is 12.2 Å². The average molecular weight is 543 g/mol. The minimum absolute atomic E-state index is 0. The molecule has 0 aromatic heterocycles. The Morgan fingerprint density at radius 2 is 1.94 bits per heavy atom. The summed E-state index contributed by atoms with van der Waals surface area (Å²) in [6.07, 6.45) is 0.811. The second-order valence-electron chi connectivity index (χ2n) is 7.05. The number of aliphatic imine (C=N–C) groups is 1. The summed E-state index contributed by atoms with van der Waals surface area (Å²) in [5, 5.41) is 9.39. The zero-order chi connectivity index (χ0) is 21.3. The molecule has 1 aliphatic heterocycles. The lowest BCUT2D eigenvalue weighted by atomic mass is 10.2. The van der Waals surface area contributed by atoms with Crippen molar-refractivity contribution in [3.63, 3.8) is 0 Å². The number of amides is 1. The second kappa shape index (κ2) is 12.4. The molecule has 1 amide bonds. The number of hydrogen-bond acceptors (Lipinski definition) is 3. The van der Waals surface area contributed by atoms with Gasteiger partial charge in [-0.05, 0) is 37.6 Å². The van der Waals surface area contributed by atoms with Gasteiger partial charge in [-0.25, -0.2) is 8.78 Å². The SMILES string of the molecule is CCNC(=NCCNC(=O)c1ccccc1)NC1CCN(c2ccc(F)cc2F)C1.I. The number of benzene rings is 2. The number of halogens is 3. The Morgan fingerprint density at radius 1 is 1.16 bits per heavy atom. The molecule has 1 saturated heterocycles. The van der Waals surface area contributed by atoms with E-state index in [0.717, 1.165) is 12.5 Å². The van der Waals surface area contributed by atoms with Crippen LogP contribution in [0, 0.1) is 11.6 Å². The van der Waals surface area contributed by atoms with Gasteiger partial charge in [-0.2, -0.15) is 0 Å². The summed E-state index contributed by atoms with van der Waals surface area (Å²) >= 11 is 0. The highest BCUT2D eigenvalue weighted by Gasteiger charge is 2.25. The molecule has 0 bridgehead atoms. The summed E-state index contributed by atoms with van der Waals surface area (Å²) in [5.74, 6) is -0.606. The third kappa shape index (κ3) is 7.34. The molecular weight excluding hydrogens is 515 g/mol. The van der Waals surface area contributed by atoms with Gasteiger partial charge < -0.3 is 20.9 Å². The summed E-state index contributed by atoms with van der Waals surface area (Å²) in [7, 11) is 0. The Balaban J connectivity index is 0.00000341. The van der Waals surface area contributed by atoms with Gasteiger partial charge in [-0.15, -0.1) is 24.0 Å². The first kappa shape index (κ1) is 24.8. The lowest BCUT2D eigenvalue weighted by Gasteiger charge is -2.21. The molecule has 1 heterocycles. The molecule has 168 valence electrons. The highest BCUT2D eigenvalue weighted by molar-refractivity contribution is 14.0. The molecule has 2 aromatic carbocycles. The van der Waals surface area contributed by atoms with Crippen molar-refractivity contribution < 1.29 is 13.6 Å². The van der Waals surface area contributed by atoms with Crippen LogP contribution in [0.2, 0.25) is 0 Å². The first-order valence-electron chi connectivity index (χ1n) is 10.1. The topological polar surface area (TPSA) is 68.8 Å². The molecule has 2 aromatic rings. The van der Waals surface area contributed by atoms with E-state index in [0.29, 0.717) is 49.9 Å². The lowest BCUT2D eigenvalue weighted by molar-refractivity contribution is 0.0955. The molecule has 1 fully saturated rings. The third-order valence-corrected chi connectivity index (χ3v) is 4.83. The molecule has 6 nitrogen and oxygen atoms in total. The summed E-state index contributed by atoms with van der Waals surface area (Å²) in [6.45, 7) is 4.79. The number of guanidine groups is 1. The minimum atomic E-state index is -0.578. The van der Waals surface area contributed by atoms with Crippen molar-refractivity contribution >= 4 is 41.5 Å². The fourth-order valence-corrected chi connectivity index (χ4v) is 3.38. The van der Waals surface area contributed by atoms with Crippen LogP contribution in [-0.2, 0) is 0 Å². The van der Waals surface area contributed by atoms with E-state index in [1.54, 1.807) is 12.1 Å². The van der Waals surface area contributed by atoms with Gasteiger partial charge in [0.25, 0.3) is 5.91 Å². The number of carbonyl (C=O) groups is 1. The number of hydrogen-bond donors (Lipinski definition) is 3. The van der Waals surface area contributed by atoms with Gasteiger partial charge in [0.15, 0.2) is 5.96 Å². The van der Waals surface area contributed by atoms with Crippen LogP contribution < -0.4 is 20.9 Å². The van der Waals surface area contributed by atoms with Crippen molar-refractivity contribution in [1.82, 2.24) is 16.0 Å². The van der Waals surface area contributed by atoms with Crippen molar-refractivity contribution in [3.05, 3.63) is 65.7 Å². The third-order valence-electron chi connectivity index (χ3n) is 4.83.